The second-order valence-electron chi connectivity index (χ2n) is 27.4. The van der Waals surface area contributed by atoms with Crippen LogP contribution in [0.3, 0.4) is 0 Å². The van der Waals surface area contributed by atoms with Crippen molar-refractivity contribution >= 4 is 135 Å². The number of rotatable bonds is 16. The van der Waals surface area contributed by atoms with Crippen LogP contribution in [0.5, 0.6) is 0 Å². The second-order valence-corrected chi connectivity index (χ2v) is 27.4. The molecule has 0 aromatic heterocycles. The Morgan fingerprint density at radius 2 is 0.333 bits per heavy atom. The first kappa shape index (κ1) is 64.4. The van der Waals surface area contributed by atoms with Gasteiger partial charge in [0.15, 0.2) is 0 Å². The summed E-state index contributed by atoms with van der Waals surface area (Å²) in [4.78, 5) is 75.3. The van der Waals surface area contributed by atoms with Gasteiger partial charge in [-0.3, -0.25) is 29.0 Å². The maximum atomic E-state index is 16.0. The highest BCUT2D eigenvalue weighted by Gasteiger charge is 2.41. The molecule has 10 heteroatoms. The van der Waals surface area contributed by atoms with E-state index in [1.165, 1.54) is 9.80 Å². The van der Waals surface area contributed by atoms with Crippen molar-refractivity contribution in [1.29, 1.82) is 0 Å². The van der Waals surface area contributed by atoms with Crippen molar-refractivity contribution in [1.82, 2.24) is 9.80 Å². The van der Waals surface area contributed by atoms with E-state index in [0.29, 0.717) is 66.1 Å². The lowest BCUT2D eigenvalue weighted by Crippen LogP contribution is -2.38. The molecular formula is C98H66N6O4. The zero-order chi connectivity index (χ0) is 72.7. The number of hydrogen-bond acceptors (Lipinski definition) is 8. The quantitative estimate of drug-likeness (QED) is 0.0537. The number of para-hydroxylation sites is 8. The van der Waals surface area contributed by atoms with Crippen molar-refractivity contribution in [3.63, 3.8) is 0 Å². The molecule has 2 aliphatic heterocycles. The fourth-order valence-electron chi connectivity index (χ4n) is 16.3. The van der Waals surface area contributed by atoms with Gasteiger partial charge in [-0.2, -0.15) is 0 Å². The number of carbonyl (C=O) groups excluding carboxylic acids is 4. The summed E-state index contributed by atoms with van der Waals surface area (Å²) in [5.41, 5.74) is 18.3. The number of anilines is 12. The average molecular weight is 1390 g/mol. The molecule has 0 fully saturated rings. The molecule has 0 radical (unpaired) electrons. The number of benzene rings is 17. The number of amides is 4. The molecule has 10 nitrogen and oxygen atoms in total. The third kappa shape index (κ3) is 10.6. The number of hydrogen-bond donors (Lipinski definition) is 0. The lowest BCUT2D eigenvalue weighted by Gasteiger charge is -2.32. The van der Waals surface area contributed by atoms with Gasteiger partial charge in [0.2, 0.25) is 0 Å². The van der Waals surface area contributed by atoms with E-state index in [2.05, 4.69) is 238 Å². The fourth-order valence-corrected chi connectivity index (χ4v) is 16.3. The van der Waals surface area contributed by atoms with Crippen LogP contribution in [0.4, 0.5) is 68.2 Å². The van der Waals surface area contributed by atoms with Crippen molar-refractivity contribution in [2.24, 2.45) is 0 Å². The largest absolute Gasteiger partial charge is 0.311 e. The summed E-state index contributed by atoms with van der Waals surface area (Å²) >= 11 is 0. The Labute approximate surface area is 624 Å². The van der Waals surface area contributed by atoms with E-state index < -0.39 is 23.6 Å². The minimum Gasteiger partial charge on any atom is -0.311 e. The zero-order valence-corrected chi connectivity index (χ0v) is 59.0. The van der Waals surface area contributed by atoms with Crippen LogP contribution in [-0.2, 0) is 0 Å². The Balaban J connectivity index is 0.918. The molecule has 2 heterocycles. The molecular weight excluding hydrogens is 1330 g/mol. The first-order valence-corrected chi connectivity index (χ1v) is 36.2. The first-order chi connectivity index (χ1) is 53.1. The van der Waals surface area contributed by atoms with Gasteiger partial charge >= 0.3 is 0 Å². The molecule has 0 spiro atoms. The Morgan fingerprint density at radius 1 is 0.185 bits per heavy atom. The first-order valence-electron chi connectivity index (χ1n) is 36.2. The Morgan fingerprint density at radius 3 is 0.491 bits per heavy atom. The van der Waals surface area contributed by atoms with Gasteiger partial charge in [0.25, 0.3) is 23.6 Å². The minimum atomic E-state index is -0.440. The summed E-state index contributed by atoms with van der Waals surface area (Å²) < 4.78 is 0. The van der Waals surface area contributed by atoms with E-state index >= 15 is 19.2 Å². The van der Waals surface area contributed by atoms with Crippen LogP contribution in [0, 0.1) is 0 Å². The molecule has 108 heavy (non-hydrogen) atoms. The maximum absolute atomic E-state index is 16.0. The van der Waals surface area contributed by atoms with Crippen LogP contribution in [0.25, 0.3) is 87.6 Å². The molecule has 17 aromatic carbocycles. The summed E-state index contributed by atoms with van der Waals surface area (Å²) in [6.45, 7) is 0. The molecule has 19 rings (SSSR count). The minimum absolute atomic E-state index is 0.385. The number of carbonyl (C=O) groups is 4. The van der Waals surface area contributed by atoms with Gasteiger partial charge in [0, 0.05) is 93.1 Å². The molecule has 2 aliphatic rings. The van der Waals surface area contributed by atoms with Gasteiger partial charge < -0.3 is 19.6 Å². The molecule has 17 aromatic rings. The van der Waals surface area contributed by atoms with Crippen LogP contribution in [-0.4, -0.2) is 47.5 Å². The van der Waals surface area contributed by atoms with Crippen LogP contribution in [0.15, 0.2) is 364 Å². The van der Waals surface area contributed by atoms with E-state index in [1.807, 2.05) is 146 Å². The van der Waals surface area contributed by atoms with Crippen LogP contribution < -0.4 is 19.6 Å². The molecule has 0 saturated carbocycles. The van der Waals surface area contributed by atoms with Gasteiger partial charge in [0.1, 0.15) is 0 Å². The summed E-state index contributed by atoms with van der Waals surface area (Å²) in [7, 11) is 3.16. The van der Waals surface area contributed by atoms with Crippen molar-refractivity contribution < 1.29 is 19.2 Å². The van der Waals surface area contributed by atoms with Crippen LogP contribution >= 0.6 is 0 Å². The summed E-state index contributed by atoms with van der Waals surface area (Å²) in [6.07, 6.45) is 0. The number of fused-ring (bicyclic) bond motifs is 2. The SMILES string of the molecule is CN1C(=O)c2c(-c3ccc(N(c4ccccc4)c4ccccc4)cc3)cc3c4cc(-c5ccc(N(c6ccccc6)c6ccccc6)cc5)c5c6c(c(-c7ccc(N(c8ccccc8)c8ccccc8)cc7)cc(c7cc(-c8ccc(N(c9ccccc9)c9ccccc9)cc8)c(c2c37)C1=O)c64)C(=O)N(C)C5=O. The Bertz CT molecular complexity index is 5430. The van der Waals surface area contributed by atoms with Crippen molar-refractivity contribution in [3.05, 3.63) is 386 Å². The standard InChI is InChI=1S/C98H66N6O4/c1-99-95(105)89-79(63-43-51-75(52-44-63)101(67-27-11-3-12-28-67)68-29-13-4-14-30-68)59-83-85-61-81(65-47-55-77(56-48-65)103(71-35-19-7-20-36-71)72-37-21-8-22-38-72)91-94-88(85)86(62-82(92(94)98(108)100(2)97(91)107)66-49-57-78(58-50-66)104(73-39-23-9-24-40-73)74-41-25-10-26-42-74)84-60-80(90(96(99)106)93(89)87(83)84)64-45-53-76(54-46-64)102(69-31-15-5-16-32-69)70-33-17-6-18-34-70/h3-62H,1-2H3. The molecule has 4 amide bonds. The van der Waals surface area contributed by atoms with E-state index in [0.717, 1.165) is 112 Å². The zero-order valence-electron chi connectivity index (χ0n) is 59.0. The van der Waals surface area contributed by atoms with Gasteiger partial charge in [-0.1, -0.05) is 194 Å². The lowest BCUT2D eigenvalue weighted by atomic mass is 9.76. The normalized spacial score (nSPS) is 12.6. The molecule has 0 unspecified atom stereocenters. The highest BCUT2D eigenvalue weighted by molar-refractivity contribution is 6.45. The smallest absolute Gasteiger partial charge is 0.261 e. The number of imide groups is 2. The molecule has 0 N–H and O–H groups in total. The van der Waals surface area contributed by atoms with E-state index in [-0.39, 0.29) is 0 Å². The van der Waals surface area contributed by atoms with E-state index in [9.17, 15) is 0 Å². The Kier molecular flexibility index (Phi) is 15.7. The summed E-state index contributed by atoms with van der Waals surface area (Å²) in [6, 6.07) is 124. The monoisotopic (exact) mass is 1390 g/mol. The van der Waals surface area contributed by atoms with Gasteiger partial charge in [-0.15, -0.1) is 0 Å². The van der Waals surface area contributed by atoms with Gasteiger partial charge in [0.05, 0.1) is 22.3 Å². The molecule has 0 atom stereocenters. The van der Waals surface area contributed by atoms with Crippen LogP contribution in [0.2, 0.25) is 0 Å². The maximum Gasteiger partial charge on any atom is 0.261 e. The molecule has 0 bridgehead atoms. The van der Waals surface area contributed by atoms with Crippen LogP contribution in [0.1, 0.15) is 41.4 Å². The molecule has 512 valence electrons. The van der Waals surface area contributed by atoms with E-state index in [1.54, 1.807) is 14.1 Å². The average Bonchev–Trinajstić information content (AvgIpc) is 0.672. The number of nitrogens with zero attached hydrogens (tertiary/aromatic N) is 6. The molecule has 0 saturated heterocycles. The van der Waals surface area contributed by atoms with Crippen molar-refractivity contribution in [2.45, 2.75) is 0 Å². The predicted octanol–water partition coefficient (Wildman–Crippen LogP) is 24.7. The summed E-state index contributed by atoms with van der Waals surface area (Å²) in [5, 5.41) is 5.43. The van der Waals surface area contributed by atoms with Crippen molar-refractivity contribution in [2.75, 3.05) is 33.7 Å². The van der Waals surface area contributed by atoms with Crippen molar-refractivity contribution in [3.8, 4) is 44.5 Å². The third-order valence-corrected chi connectivity index (χ3v) is 21.3. The van der Waals surface area contributed by atoms with Gasteiger partial charge in [-0.25, -0.2) is 0 Å². The Hall–Kier alpha value is -14.5. The van der Waals surface area contributed by atoms with Gasteiger partial charge in [-0.05, 0) is 247 Å². The second kappa shape index (κ2) is 26.3. The predicted molar refractivity (Wildman–Crippen MR) is 441 cm³/mol. The summed E-state index contributed by atoms with van der Waals surface area (Å²) in [5.74, 6) is -1.76. The fraction of sp³-hybridized carbons (Fsp3) is 0.0204. The lowest BCUT2D eigenvalue weighted by molar-refractivity contribution is 0.0636. The highest BCUT2D eigenvalue weighted by atomic mass is 16.2. The van der Waals surface area contributed by atoms with E-state index in [4.69, 9.17) is 0 Å². The third-order valence-electron chi connectivity index (χ3n) is 21.3. The molecule has 0 aliphatic carbocycles. The topological polar surface area (TPSA) is 87.7 Å². The highest BCUT2D eigenvalue weighted by Crippen LogP contribution is 2.55.